The predicted molar refractivity (Wildman–Crippen MR) is 115 cm³/mol. The van der Waals surface area contributed by atoms with Crippen LogP contribution in [0.4, 0.5) is 11.4 Å². The van der Waals surface area contributed by atoms with Gasteiger partial charge in [-0.05, 0) is 54.6 Å². The lowest BCUT2D eigenvalue weighted by atomic mass is 10.1. The third-order valence-corrected chi connectivity index (χ3v) is 4.07. The number of allylic oxidation sites excluding steroid dienone is 2. The molecule has 7 heteroatoms. The maximum absolute atomic E-state index is 12.6. The third-order valence-electron chi connectivity index (χ3n) is 4.07. The summed E-state index contributed by atoms with van der Waals surface area (Å²) in [7, 11) is 0. The number of carbonyl (C=O) groups is 1. The van der Waals surface area contributed by atoms with Crippen LogP contribution in [0.3, 0.4) is 0 Å². The Morgan fingerprint density at radius 3 is 2.03 bits per heavy atom. The number of benzene rings is 3. The number of anilines is 2. The lowest BCUT2D eigenvalue weighted by Gasteiger charge is -2.10. The van der Waals surface area contributed by atoms with Crippen LogP contribution in [0.15, 0.2) is 90.1 Å². The molecule has 0 fully saturated rings. The predicted octanol–water partition coefficient (Wildman–Crippen LogP) is 4.97. The Morgan fingerprint density at radius 1 is 0.710 bits per heavy atom. The van der Waals surface area contributed by atoms with Crippen molar-refractivity contribution in [2.45, 2.75) is 0 Å². The van der Waals surface area contributed by atoms with Crippen LogP contribution in [0.2, 0.25) is 0 Å². The van der Waals surface area contributed by atoms with Crippen molar-refractivity contribution in [3.05, 3.63) is 95.7 Å². The molecule has 7 nitrogen and oxygen atoms in total. The number of ether oxygens (including phenoxy) is 1. The van der Waals surface area contributed by atoms with Gasteiger partial charge < -0.3 is 15.4 Å². The molecule has 0 saturated heterocycles. The van der Waals surface area contributed by atoms with E-state index in [1.54, 1.807) is 60.7 Å². The van der Waals surface area contributed by atoms with E-state index in [0.717, 1.165) is 0 Å². The van der Waals surface area contributed by atoms with Crippen LogP contribution >= 0.6 is 0 Å². The largest absolute Gasteiger partial charge is 0.457 e. The first kappa shape index (κ1) is 20.7. The summed E-state index contributed by atoms with van der Waals surface area (Å²) in [6, 6.07) is 27.8. The molecule has 31 heavy (non-hydrogen) atoms. The zero-order chi connectivity index (χ0) is 22.1. The smallest absolute Gasteiger partial charge is 0.255 e. The fourth-order valence-electron chi connectivity index (χ4n) is 2.60. The van der Waals surface area contributed by atoms with Gasteiger partial charge in [0.1, 0.15) is 35.4 Å². The van der Waals surface area contributed by atoms with Gasteiger partial charge in [0.25, 0.3) is 5.91 Å². The minimum atomic E-state index is -0.358. The van der Waals surface area contributed by atoms with Crippen LogP contribution in [0.1, 0.15) is 10.4 Å². The quantitative estimate of drug-likeness (QED) is 0.559. The molecular weight excluding hydrogens is 390 g/mol. The van der Waals surface area contributed by atoms with Gasteiger partial charge in [-0.1, -0.05) is 24.3 Å². The summed E-state index contributed by atoms with van der Waals surface area (Å²) in [6.07, 6.45) is 0. The van der Waals surface area contributed by atoms with E-state index in [1.807, 2.05) is 30.3 Å². The van der Waals surface area contributed by atoms with Gasteiger partial charge in [-0.25, -0.2) is 0 Å². The molecule has 0 aliphatic carbocycles. The minimum absolute atomic E-state index is 0.184. The van der Waals surface area contributed by atoms with Crippen LogP contribution in [-0.2, 0) is 0 Å². The van der Waals surface area contributed by atoms with Crippen molar-refractivity contribution in [3.63, 3.8) is 0 Å². The molecule has 0 radical (unpaired) electrons. The molecule has 2 N–H and O–H groups in total. The van der Waals surface area contributed by atoms with Crippen LogP contribution in [-0.4, -0.2) is 5.91 Å². The van der Waals surface area contributed by atoms with Gasteiger partial charge in [0.05, 0.1) is 0 Å². The van der Waals surface area contributed by atoms with Crippen molar-refractivity contribution < 1.29 is 9.53 Å². The van der Waals surface area contributed by atoms with Crippen molar-refractivity contribution in [1.29, 1.82) is 15.8 Å². The Labute approximate surface area is 179 Å². The Morgan fingerprint density at radius 2 is 1.39 bits per heavy atom. The summed E-state index contributed by atoms with van der Waals surface area (Å²) < 4.78 is 5.73. The molecular formula is C24H15N5O2. The Kier molecular flexibility index (Phi) is 6.62. The highest BCUT2D eigenvalue weighted by Gasteiger charge is 2.10. The maximum atomic E-state index is 12.6. The molecule has 0 saturated carbocycles. The summed E-state index contributed by atoms with van der Waals surface area (Å²) in [5, 5.41) is 32.5. The summed E-state index contributed by atoms with van der Waals surface area (Å²) in [6.45, 7) is 0. The first-order valence-electron chi connectivity index (χ1n) is 9.09. The first-order chi connectivity index (χ1) is 15.1. The maximum Gasteiger partial charge on any atom is 0.255 e. The van der Waals surface area contributed by atoms with E-state index in [9.17, 15) is 4.79 Å². The number of carbonyl (C=O) groups excluding carboxylic acids is 1. The molecule has 0 spiro atoms. The zero-order valence-corrected chi connectivity index (χ0v) is 16.2. The molecule has 0 aliphatic heterocycles. The average Bonchev–Trinajstić information content (AvgIpc) is 2.81. The SMILES string of the molecule is N#CC(C#N)=C(C#N)Nc1cccc(C(=O)Nc2ccc(Oc3ccccc3)cc2)c1. The van der Waals surface area contributed by atoms with Gasteiger partial charge in [-0.15, -0.1) is 0 Å². The number of para-hydroxylation sites is 1. The number of nitrogens with one attached hydrogen (secondary N) is 2. The molecule has 0 bridgehead atoms. The highest BCUT2D eigenvalue weighted by Crippen LogP contribution is 2.23. The topological polar surface area (TPSA) is 122 Å². The van der Waals surface area contributed by atoms with Crippen molar-refractivity contribution in [3.8, 4) is 29.7 Å². The summed E-state index contributed by atoms with van der Waals surface area (Å²) in [5.41, 5.74) is 0.797. The van der Waals surface area contributed by atoms with Crippen molar-refractivity contribution >= 4 is 17.3 Å². The number of rotatable bonds is 6. The molecule has 3 aromatic rings. The van der Waals surface area contributed by atoms with E-state index in [-0.39, 0.29) is 17.2 Å². The van der Waals surface area contributed by atoms with Crippen molar-refractivity contribution in [2.24, 2.45) is 0 Å². The van der Waals surface area contributed by atoms with Gasteiger partial charge in [0, 0.05) is 16.9 Å². The zero-order valence-electron chi connectivity index (χ0n) is 16.2. The van der Waals surface area contributed by atoms with Gasteiger partial charge in [-0.3, -0.25) is 4.79 Å². The number of nitriles is 3. The highest BCUT2D eigenvalue weighted by molar-refractivity contribution is 6.04. The summed E-state index contributed by atoms with van der Waals surface area (Å²) in [5.74, 6) is 0.992. The van der Waals surface area contributed by atoms with Crippen molar-refractivity contribution in [2.75, 3.05) is 10.6 Å². The molecule has 0 aliphatic rings. The van der Waals surface area contributed by atoms with Crippen LogP contribution in [0.5, 0.6) is 11.5 Å². The summed E-state index contributed by atoms with van der Waals surface area (Å²) >= 11 is 0. The van der Waals surface area contributed by atoms with Crippen molar-refractivity contribution in [1.82, 2.24) is 0 Å². The second-order valence-corrected chi connectivity index (χ2v) is 6.18. The Balaban J connectivity index is 1.69. The first-order valence-corrected chi connectivity index (χ1v) is 9.09. The van der Waals surface area contributed by atoms with E-state index in [0.29, 0.717) is 28.4 Å². The highest BCUT2D eigenvalue weighted by atomic mass is 16.5. The molecule has 3 rings (SSSR count). The molecule has 0 heterocycles. The standard InChI is InChI=1S/C24H15N5O2/c25-14-18(15-26)23(16-27)28-20-6-4-5-17(13-20)24(30)29-19-9-11-22(12-10-19)31-21-7-2-1-3-8-21/h1-13,28H,(H,29,30). The molecule has 148 valence electrons. The number of nitrogens with zero attached hydrogens (tertiary/aromatic N) is 3. The molecule has 3 aromatic carbocycles. The van der Waals surface area contributed by atoms with Crippen LogP contribution < -0.4 is 15.4 Å². The van der Waals surface area contributed by atoms with Crippen LogP contribution in [0.25, 0.3) is 0 Å². The van der Waals surface area contributed by atoms with E-state index in [4.69, 9.17) is 20.5 Å². The Hall–Kier alpha value is -5.06. The third kappa shape index (κ3) is 5.48. The number of hydrogen-bond acceptors (Lipinski definition) is 6. The van der Waals surface area contributed by atoms with E-state index < -0.39 is 0 Å². The number of hydrogen-bond donors (Lipinski definition) is 2. The second-order valence-electron chi connectivity index (χ2n) is 6.18. The average molecular weight is 405 g/mol. The van der Waals surface area contributed by atoms with Gasteiger partial charge in [-0.2, -0.15) is 15.8 Å². The van der Waals surface area contributed by atoms with E-state index in [1.165, 1.54) is 6.07 Å². The van der Waals surface area contributed by atoms with E-state index >= 15 is 0 Å². The second kappa shape index (κ2) is 9.93. The lowest BCUT2D eigenvalue weighted by Crippen LogP contribution is -2.12. The fourth-order valence-corrected chi connectivity index (χ4v) is 2.60. The molecule has 0 unspecified atom stereocenters. The van der Waals surface area contributed by atoms with Gasteiger partial charge in [0.2, 0.25) is 0 Å². The monoisotopic (exact) mass is 405 g/mol. The van der Waals surface area contributed by atoms with Gasteiger partial charge in [0.15, 0.2) is 5.57 Å². The molecule has 0 atom stereocenters. The summed E-state index contributed by atoms with van der Waals surface area (Å²) in [4.78, 5) is 12.6. The lowest BCUT2D eigenvalue weighted by molar-refractivity contribution is 0.102. The number of amides is 1. The van der Waals surface area contributed by atoms with Crippen LogP contribution in [0, 0.1) is 34.0 Å². The molecule has 0 aromatic heterocycles. The van der Waals surface area contributed by atoms with Gasteiger partial charge >= 0.3 is 0 Å². The minimum Gasteiger partial charge on any atom is -0.457 e. The fraction of sp³-hybridized carbons (Fsp3) is 0. The Bertz CT molecular complexity index is 1230. The molecule has 1 amide bonds. The normalized spacial score (nSPS) is 9.32. The van der Waals surface area contributed by atoms with E-state index in [2.05, 4.69) is 10.6 Å².